The van der Waals surface area contributed by atoms with Gasteiger partial charge in [-0.2, -0.15) is 0 Å². The molecule has 0 spiro atoms. The van der Waals surface area contributed by atoms with Crippen molar-refractivity contribution in [2.75, 3.05) is 11.9 Å². The topological polar surface area (TPSA) is 79.4 Å². The number of anilines is 1. The third-order valence-corrected chi connectivity index (χ3v) is 4.09. The van der Waals surface area contributed by atoms with Crippen molar-refractivity contribution in [1.82, 2.24) is 9.88 Å². The van der Waals surface area contributed by atoms with E-state index in [2.05, 4.69) is 10.3 Å². The molecule has 0 unspecified atom stereocenters. The first-order valence-electron chi connectivity index (χ1n) is 8.15. The maximum Gasteiger partial charge on any atom is 0.261 e. The summed E-state index contributed by atoms with van der Waals surface area (Å²) < 4.78 is 0. The number of hydrogen-bond acceptors (Lipinski definition) is 4. The molecule has 1 N–H and O–H groups in total. The van der Waals surface area contributed by atoms with Crippen molar-refractivity contribution in [3.05, 3.63) is 58.8 Å². The molecule has 1 aliphatic rings. The molecule has 2 heterocycles. The van der Waals surface area contributed by atoms with Crippen LogP contribution in [-0.2, 0) is 4.79 Å². The van der Waals surface area contributed by atoms with Crippen LogP contribution in [0.4, 0.5) is 5.82 Å². The second kappa shape index (κ2) is 6.84. The number of amides is 3. The first-order valence-corrected chi connectivity index (χ1v) is 8.15. The lowest BCUT2D eigenvalue weighted by Crippen LogP contribution is -2.31. The number of pyridine rings is 1. The minimum Gasteiger partial charge on any atom is -0.311 e. The number of rotatable bonds is 5. The van der Waals surface area contributed by atoms with Crippen LogP contribution in [0.15, 0.2) is 36.5 Å². The first kappa shape index (κ1) is 16.8. The molecule has 2 aromatic rings. The molecule has 6 heteroatoms. The summed E-state index contributed by atoms with van der Waals surface area (Å²) >= 11 is 0. The number of carbonyl (C=O) groups is 3. The van der Waals surface area contributed by atoms with Crippen molar-refractivity contribution in [1.29, 1.82) is 0 Å². The molecule has 0 saturated carbocycles. The second-order valence-corrected chi connectivity index (χ2v) is 6.18. The van der Waals surface area contributed by atoms with Gasteiger partial charge in [0.25, 0.3) is 11.8 Å². The van der Waals surface area contributed by atoms with E-state index in [1.165, 1.54) is 4.90 Å². The van der Waals surface area contributed by atoms with E-state index in [0.717, 1.165) is 11.1 Å². The third-order valence-electron chi connectivity index (χ3n) is 4.09. The van der Waals surface area contributed by atoms with E-state index >= 15 is 0 Å². The van der Waals surface area contributed by atoms with Gasteiger partial charge in [-0.15, -0.1) is 0 Å². The number of benzene rings is 1. The molecule has 1 aromatic carbocycles. The lowest BCUT2D eigenvalue weighted by Gasteiger charge is -2.13. The zero-order valence-electron chi connectivity index (χ0n) is 14.2. The van der Waals surface area contributed by atoms with Crippen LogP contribution < -0.4 is 5.32 Å². The largest absolute Gasteiger partial charge is 0.311 e. The van der Waals surface area contributed by atoms with Crippen LogP contribution in [-0.4, -0.2) is 34.2 Å². The lowest BCUT2D eigenvalue weighted by molar-refractivity contribution is -0.116. The average molecular weight is 337 g/mol. The van der Waals surface area contributed by atoms with Crippen LogP contribution >= 0.6 is 0 Å². The molecule has 0 atom stereocenters. The quantitative estimate of drug-likeness (QED) is 0.851. The van der Waals surface area contributed by atoms with Crippen LogP contribution in [0.2, 0.25) is 0 Å². The fourth-order valence-electron chi connectivity index (χ4n) is 2.75. The van der Waals surface area contributed by atoms with Gasteiger partial charge < -0.3 is 5.32 Å². The summed E-state index contributed by atoms with van der Waals surface area (Å²) in [6, 6.07) is 8.82. The fourth-order valence-corrected chi connectivity index (χ4v) is 2.75. The smallest absolute Gasteiger partial charge is 0.261 e. The van der Waals surface area contributed by atoms with Crippen molar-refractivity contribution in [2.45, 2.75) is 26.7 Å². The highest BCUT2D eigenvalue weighted by atomic mass is 16.2. The molecular formula is C19H19N3O3. The normalized spacial score (nSPS) is 13.1. The van der Waals surface area contributed by atoms with Crippen molar-refractivity contribution in [2.24, 2.45) is 0 Å². The van der Waals surface area contributed by atoms with Gasteiger partial charge in [0, 0.05) is 19.2 Å². The summed E-state index contributed by atoms with van der Waals surface area (Å²) in [7, 11) is 0. The number of nitrogens with zero attached hydrogens (tertiary/aromatic N) is 2. The molecule has 0 bridgehead atoms. The molecule has 0 saturated heterocycles. The summed E-state index contributed by atoms with van der Waals surface area (Å²) in [5, 5.41) is 2.70. The number of aromatic nitrogens is 1. The Morgan fingerprint density at radius 2 is 1.76 bits per heavy atom. The number of fused-ring (bicyclic) bond motifs is 1. The summed E-state index contributed by atoms with van der Waals surface area (Å²) in [6.07, 6.45) is 2.29. The highest BCUT2D eigenvalue weighted by Crippen LogP contribution is 2.24. The van der Waals surface area contributed by atoms with Gasteiger partial charge in [0.1, 0.15) is 5.82 Å². The van der Waals surface area contributed by atoms with Gasteiger partial charge in [-0.1, -0.05) is 17.7 Å². The van der Waals surface area contributed by atoms with Crippen LogP contribution in [0.5, 0.6) is 0 Å². The Bertz CT molecular complexity index is 843. The Kier molecular flexibility index (Phi) is 4.61. The molecule has 1 aliphatic heterocycles. The Morgan fingerprint density at radius 3 is 2.48 bits per heavy atom. The Balaban J connectivity index is 1.54. The monoisotopic (exact) mass is 337 g/mol. The van der Waals surface area contributed by atoms with Crippen molar-refractivity contribution in [3.8, 4) is 0 Å². The van der Waals surface area contributed by atoms with E-state index in [1.54, 1.807) is 24.4 Å². The van der Waals surface area contributed by atoms with Crippen molar-refractivity contribution in [3.63, 3.8) is 0 Å². The highest BCUT2D eigenvalue weighted by Gasteiger charge is 2.34. The molecule has 128 valence electrons. The van der Waals surface area contributed by atoms with Gasteiger partial charge in [-0.25, -0.2) is 4.98 Å². The minimum atomic E-state index is -0.291. The van der Waals surface area contributed by atoms with Crippen LogP contribution in [0.3, 0.4) is 0 Å². The molecule has 25 heavy (non-hydrogen) atoms. The lowest BCUT2D eigenvalue weighted by atomic mass is 10.1. The molecule has 0 fully saturated rings. The fraction of sp³-hybridized carbons (Fsp3) is 0.263. The number of imide groups is 1. The van der Waals surface area contributed by atoms with E-state index in [-0.39, 0.29) is 30.7 Å². The minimum absolute atomic E-state index is 0.191. The maximum atomic E-state index is 12.4. The van der Waals surface area contributed by atoms with Crippen LogP contribution in [0, 0.1) is 13.8 Å². The van der Waals surface area contributed by atoms with Crippen molar-refractivity contribution >= 4 is 23.5 Å². The second-order valence-electron chi connectivity index (χ2n) is 6.18. The van der Waals surface area contributed by atoms with E-state index < -0.39 is 0 Å². The SMILES string of the molecule is Cc1ccc(NC(=O)CCCN2C(=O)c3ccc(C)cc3C2=O)nc1. The highest BCUT2D eigenvalue weighted by molar-refractivity contribution is 6.21. The van der Waals surface area contributed by atoms with E-state index in [9.17, 15) is 14.4 Å². The Morgan fingerprint density at radius 1 is 1.04 bits per heavy atom. The number of hydrogen-bond donors (Lipinski definition) is 1. The molecular weight excluding hydrogens is 318 g/mol. The maximum absolute atomic E-state index is 12.4. The number of carbonyl (C=O) groups excluding carboxylic acids is 3. The van der Waals surface area contributed by atoms with Gasteiger partial charge >= 0.3 is 0 Å². The molecule has 3 rings (SSSR count). The van der Waals surface area contributed by atoms with E-state index in [1.807, 2.05) is 26.0 Å². The summed E-state index contributed by atoms with van der Waals surface area (Å²) in [5.74, 6) is -0.277. The van der Waals surface area contributed by atoms with Gasteiger partial charge in [0.15, 0.2) is 0 Å². The molecule has 0 radical (unpaired) electrons. The number of aryl methyl sites for hydroxylation is 2. The van der Waals surface area contributed by atoms with Gasteiger partial charge in [0.05, 0.1) is 11.1 Å². The Hall–Kier alpha value is -3.02. The van der Waals surface area contributed by atoms with Crippen molar-refractivity contribution < 1.29 is 14.4 Å². The summed E-state index contributed by atoms with van der Waals surface area (Å²) in [6.45, 7) is 4.02. The van der Waals surface area contributed by atoms with E-state index in [4.69, 9.17) is 0 Å². The van der Waals surface area contributed by atoms with Crippen LogP contribution in [0.25, 0.3) is 0 Å². The van der Waals surface area contributed by atoms with E-state index in [0.29, 0.717) is 23.4 Å². The van der Waals surface area contributed by atoms with Gasteiger partial charge in [-0.05, 0) is 44.0 Å². The standard InChI is InChI=1S/C19H19N3O3/c1-12-5-7-14-15(10-12)19(25)22(18(14)24)9-3-4-17(23)21-16-8-6-13(2)11-20-16/h5-8,10-11H,3-4,9H2,1-2H3,(H,20,21,23). The van der Waals surface area contributed by atoms with Gasteiger partial charge in [-0.3, -0.25) is 19.3 Å². The first-order chi connectivity index (χ1) is 12.0. The molecule has 1 aromatic heterocycles. The average Bonchev–Trinajstić information content (AvgIpc) is 2.81. The molecule has 0 aliphatic carbocycles. The van der Waals surface area contributed by atoms with Crippen LogP contribution in [0.1, 0.15) is 44.7 Å². The predicted molar refractivity (Wildman–Crippen MR) is 93.4 cm³/mol. The summed E-state index contributed by atoms with van der Waals surface area (Å²) in [5.41, 5.74) is 2.83. The predicted octanol–water partition coefficient (Wildman–Crippen LogP) is 2.71. The zero-order chi connectivity index (χ0) is 18.0. The zero-order valence-corrected chi connectivity index (χ0v) is 14.2. The number of nitrogens with one attached hydrogen (secondary N) is 1. The molecule has 3 amide bonds. The van der Waals surface area contributed by atoms with Gasteiger partial charge in [0.2, 0.25) is 5.91 Å². The molecule has 6 nitrogen and oxygen atoms in total. The Labute approximate surface area is 145 Å². The summed E-state index contributed by atoms with van der Waals surface area (Å²) in [4.78, 5) is 41.9. The third kappa shape index (κ3) is 3.57.